The summed E-state index contributed by atoms with van der Waals surface area (Å²) in [6.07, 6.45) is 0. The van der Waals surface area contributed by atoms with Gasteiger partial charge in [-0.2, -0.15) is 0 Å². The first-order chi connectivity index (χ1) is 6.09. The van der Waals surface area contributed by atoms with E-state index in [1.807, 2.05) is 6.07 Å². The second-order valence-corrected chi connectivity index (χ2v) is 8.00. The number of methoxy groups -OCH3 is 1. The van der Waals surface area contributed by atoms with Gasteiger partial charge in [-0.25, -0.2) is 0 Å². The van der Waals surface area contributed by atoms with Gasteiger partial charge < -0.3 is 4.74 Å². The average Bonchev–Trinajstić information content (AvgIpc) is 2.18. The molecule has 1 aromatic carbocycles. The van der Waals surface area contributed by atoms with Crippen molar-refractivity contribution in [2.75, 3.05) is 7.11 Å². The smallest absolute Gasteiger partial charge is 0.154 e. The van der Waals surface area contributed by atoms with Gasteiger partial charge in [-0.05, 0) is 0 Å². The Labute approximate surface area is 81.1 Å². The minimum atomic E-state index is -1.60. The lowest BCUT2D eigenvalue weighted by atomic mass is 10.4. The van der Waals surface area contributed by atoms with Gasteiger partial charge in [-0.1, -0.05) is 55.2 Å². The first-order valence-electron chi connectivity index (χ1n) is 4.38. The van der Waals surface area contributed by atoms with E-state index in [1.165, 1.54) is 5.19 Å². The monoisotopic (exact) mass is 192 g/mol. The summed E-state index contributed by atoms with van der Waals surface area (Å²) in [5.74, 6) is 0. The van der Waals surface area contributed by atoms with E-state index >= 15 is 0 Å². The Balaban J connectivity index is 3.00. The summed E-state index contributed by atoms with van der Waals surface area (Å²) in [4.78, 5) is 0. The molecule has 0 saturated carbocycles. The standard InChI is InChI=1S/C11H16OSi/c1-10(12-2)13(3,4)11-8-6-5-7-9-11/h5-9H,1H2,2-4H3. The predicted molar refractivity (Wildman–Crippen MR) is 59.7 cm³/mol. The zero-order chi connectivity index (χ0) is 9.90. The Morgan fingerprint density at radius 2 is 1.77 bits per heavy atom. The summed E-state index contributed by atoms with van der Waals surface area (Å²) in [6.45, 7) is 8.45. The second-order valence-electron chi connectivity index (χ2n) is 3.62. The Morgan fingerprint density at radius 1 is 1.23 bits per heavy atom. The zero-order valence-corrected chi connectivity index (χ0v) is 9.50. The Morgan fingerprint density at radius 3 is 2.23 bits per heavy atom. The first kappa shape index (κ1) is 10.1. The van der Waals surface area contributed by atoms with Crippen molar-refractivity contribution in [1.29, 1.82) is 0 Å². The Bertz CT molecular complexity index is 290. The molecular formula is C11H16OSi. The van der Waals surface area contributed by atoms with Crippen LogP contribution in [0.25, 0.3) is 0 Å². The molecule has 0 bridgehead atoms. The van der Waals surface area contributed by atoms with Crippen LogP contribution in [0.1, 0.15) is 0 Å². The van der Waals surface area contributed by atoms with Gasteiger partial charge in [-0.15, -0.1) is 0 Å². The molecule has 2 heteroatoms. The van der Waals surface area contributed by atoms with E-state index in [2.05, 4.69) is 43.9 Å². The summed E-state index contributed by atoms with van der Waals surface area (Å²) >= 11 is 0. The minimum absolute atomic E-state index is 0.929. The van der Waals surface area contributed by atoms with Gasteiger partial charge in [0.2, 0.25) is 0 Å². The molecule has 0 aliphatic heterocycles. The highest BCUT2D eigenvalue weighted by molar-refractivity contribution is 6.95. The molecule has 0 aliphatic carbocycles. The molecule has 1 rings (SSSR count). The van der Waals surface area contributed by atoms with Crippen LogP contribution < -0.4 is 5.19 Å². The summed E-state index contributed by atoms with van der Waals surface area (Å²) < 4.78 is 5.24. The van der Waals surface area contributed by atoms with Crippen LogP contribution in [-0.4, -0.2) is 15.2 Å². The van der Waals surface area contributed by atoms with Gasteiger partial charge in [0.05, 0.1) is 12.5 Å². The van der Waals surface area contributed by atoms with Gasteiger partial charge in [-0.3, -0.25) is 0 Å². The third kappa shape index (κ3) is 2.01. The maximum absolute atomic E-state index is 5.24. The minimum Gasteiger partial charge on any atom is -0.506 e. The molecule has 0 spiro atoms. The molecule has 0 radical (unpaired) electrons. The van der Waals surface area contributed by atoms with Crippen LogP contribution in [0.2, 0.25) is 13.1 Å². The topological polar surface area (TPSA) is 9.23 Å². The van der Waals surface area contributed by atoms with E-state index in [0.717, 1.165) is 5.38 Å². The number of ether oxygens (including phenoxy) is 1. The highest BCUT2D eigenvalue weighted by Gasteiger charge is 2.27. The molecule has 13 heavy (non-hydrogen) atoms. The third-order valence-corrected chi connectivity index (χ3v) is 5.81. The Kier molecular flexibility index (Phi) is 2.93. The first-order valence-corrected chi connectivity index (χ1v) is 7.38. The van der Waals surface area contributed by atoms with Gasteiger partial charge in [0.15, 0.2) is 8.07 Å². The van der Waals surface area contributed by atoms with E-state index in [0.29, 0.717) is 0 Å². The van der Waals surface area contributed by atoms with Crippen LogP contribution in [0.15, 0.2) is 42.3 Å². The zero-order valence-electron chi connectivity index (χ0n) is 8.50. The third-order valence-electron chi connectivity index (χ3n) is 2.44. The summed E-state index contributed by atoms with van der Waals surface area (Å²) in [5, 5.41) is 2.29. The van der Waals surface area contributed by atoms with Crippen LogP contribution in [0.5, 0.6) is 0 Å². The fourth-order valence-corrected chi connectivity index (χ4v) is 3.13. The van der Waals surface area contributed by atoms with Crippen molar-refractivity contribution in [2.45, 2.75) is 13.1 Å². The molecule has 1 nitrogen and oxygen atoms in total. The average molecular weight is 192 g/mol. The van der Waals surface area contributed by atoms with E-state index in [4.69, 9.17) is 4.74 Å². The molecular weight excluding hydrogens is 176 g/mol. The largest absolute Gasteiger partial charge is 0.506 e. The molecule has 0 amide bonds. The molecule has 0 aliphatic rings. The molecule has 0 saturated heterocycles. The molecule has 0 heterocycles. The second kappa shape index (κ2) is 3.79. The molecule has 0 aromatic heterocycles. The number of rotatable bonds is 3. The van der Waals surface area contributed by atoms with E-state index in [9.17, 15) is 0 Å². The van der Waals surface area contributed by atoms with Gasteiger partial charge in [0.25, 0.3) is 0 Å². The summed E-state index contributed by atoms with van der Waals surface area (Å²) in [6, 6.07) is 10.5. The van der Waals surface area contributed by atoms with Crippen molar-refractivity contribution >= 4 is 13.3 Å². The van der Waals surface area contributed by atoms with Gasteiger partial charge in [0.1, 0.15) is 0 Å². The maximum atomic E-state index is 5.24. The normalized spacial score (nSPS) is 11.0. The number of benzene rings is 1. The van der Waals surface area contributed by atoms with E-state index in [-0.39, 0.29) is 0 Å². The van der Waals surface area contributed by atoms with Gasteiger partial charge in [0, 0.05) is 0 Å². The van der Waals surface area contributed by atoms with Crippen LogP contribution in [0.4, 0.5) is 0 Å². The fraction of sp³-hybridized carbons (Fsp3) is 0.273. The SMILES string of the molecule is C=C(OC)[Si](C)(C)c1ccccc1. The predicted octanol–water partition coefficient (Wildman–Crippen LogP) is 2.30. The van der Waals surface area contributed by atoms with Gasteiger partial charge >= 0.3 is 0 Å². The highest BCUT2D eigenvalue weighted by atomic mass is 28.3. The molecule has 0 atom stereocenters. The fourth-order valence-electron chi connectivity index (χ4n) is 1.27. The van der Waals surface area contributed by atoms with E-state index < -0.39 is 8.07 Å². The van der Waals surface area contributed by atoms with Crippen LogP contribution in [0.3, 0.4) is 0 Å². The lowest BCUT2D eigenvalue weighted by Gasteiger charge is -2.23. The van der Waals surface area contributed by atoms with Crippen LogP contribution in [0, 0.1) is 0 Å². The summed E-state index contributed by atoms with van der Waals surface area (Å²) in [5.41, 5.74) is 0. The number of hydrogen-bond acceptors (Lipinski definition) is 1. The van der Waals surface area contributed by atoms with Crippen molar-refractivity contribution in [3.05, 3.63) is 42.3 Å². The van der Waals surface area contributed by atoms with Crippen LogP contribution in [-0.2, 0) is 4.74 Å². The number of hydrogen-bond donors (Lipinski definition) is 0. The molecule has 1 aromatic rings. The Hall–Kier alpha value is -1.02. The summed E-state index contributed by atoms with van der Waals surface area (Å²) in [7, 11) is 0.0950. The van der Waals surface area contributed by atoms with Crippen molar-refractivity contribution in [1.82, 2.24) is 0 Å². The molecule has 0 fully saturated rings. The lowest BCUT2D eigenvalue weighted by molar-refractivity contribution is 0.318. The molecule has 70 valence electrons. The van der Waals surface area contributed by atoms with Crippen LogP contribution >= 0.6 is 0 Å². The molecule has 0 N–H and O–H groups in total. The lowest BCUT2D eigenvalue weighted by Crippen LogP contribution is -2.43. The maximum Gasteiger partial charge on any atom is 0.154 e. The van der Waals surface area contributed by atoms with Crippen molar-refractivity contribution in [2.24, 2.45) is 0 Å². The van der Waals surface area contributed by atoms with Crippen molar-refractivity contribution in [3.8, 4) is 0 Å². The molecule has 0 unspecified atom stereocenters. The quantitative estimate of drug-likeness (QED) is 0.527. The van der Waals surface area contributed by atoms with Crippen molar-refractivity contribution in [3.63, 3.8) is 0 Å². The van der Waals surface area contributed by atoms with E-state index in [1.54, 1.807) is 7.11 Å². The van der Waals surface area contributed by atoms with Crippen molar-refractivity contribution < 1.29 is 4.74 Å². The highest BCUT2D eigenvalue weighted by Crippen LogP contribution is 2.13.